The smallest absolute Gasteiger partial charge is 0.330 e. The summed E-state index contributed by atoms with van der Waals surface area (Å²) >= 11 is 0. The largest absolute Gasteiger partial charge is 0.383 e. The highest BCUT2D eigenvalue weighted by Gasteiger charge is 2.32. The van der Waals surface area contributed by atoms with E-state index >= 15 is 0 Å². The molecule has 1 amide bonds. The summed E-state index contributed by atoms with van der Waals surface area (Å²) < 4.78 is 1.35. The lowest BCUT2D eigenvalue weighted by molar-refractivity contribution is -0.123. The Morgan fingerprint density at radius 3 is 2.53 bits per heavy atom. The van der Waals surface area contributed by atoms with Gasteiger partial charge in [-0.1, -0.05) is 26.7 Å². The Morgan fingerprint density at radius 1 is 1.24 bits per heavy atom. The number of nitriles is 1. The molecule has 1 aliphatic heterocycles. The fraction of sp³-hybridized carbons (Fsp3) is 0.542. The topological polar surface area (TPSA) is 141 Å². The van der Waals surface area contributed by atoms with Gasteiger partial charge in [-0.05, 0) is 37.8 Å². The first-order valence-corrected chi connectivity index (χ1v) is 12.0. The highest BCUT2D eigenvalue weighted by atomic mass is 16.2. The molecule has 0 spiro atoms. The number of H-pyrrole nitrogens is 1. The number of piperidine rings is 1. The van der Waals surface area contributed by atoms with Crippen LogP contribution >= 0.6 is 0 Å². The molecule has 0 aliphatic carbocycles. The van der Waals surface area contributed by atoms with Crippen molar-refractivity contribution in [3.63, 3.8) is 0 Å². The molecule has 1 aliphatic rings. The van der Waals surface area contributed by atoms with Gasteiger partial charge in [-0.15, -0.1) is 0 Å². The Hall–Kier alpha value is -3.61. The molecule has 182 valence electrons. The minimum atomic E-state index is -0.626. The molecule has 3 heterocycles. The molecule has 0 atom stereocenters. The van der Waals surface area contributed by atoms with Gasteiger partial charge < -0.3 is 15.5 Å². The van der Waals surface area contributed by atoms with Crippen LogP contribution in [-0.2, 0) is 11.3 Å². The highest BCUT2D eigenvalue weighted by Crippen LogP contribution is 2.27. The van der Waals surface area contributed by atoms with Gasteiger partial charge in [-0.25, -0.2) is 9.78 Å². The van der Waals surface area contributed by atoms with E-state index < -0.39 is 11.2 Å². The molecule has 34 heavy (non-hydrogen) atoms. The van der Waals surface area contributed by atoms with Gasteiger partial charge >= 0.3 is 5.69 Å². The maximum atomic E-state index is 13.6. The van der Waals surface area contributed by atoms with Gasteiger partial charge in [-0.2, -0.15) is 5.26 Å². The van der Waals surface area contributed by atoms with Crippen LogP contribution in [0, 0.1) is 17.2 Å². The van der Waals surface area contributed by atoms with Crippen molar-refractivity contribution < 1.29 is 4.79 Å². The molecule has 2 aromatic rings. The first-order valence-electron chi connectivity index (χ1n) is 12.0. The van der Waals surface area contributed by atoms with Crippen LogP contribution in [0.5, 0.6) is 0 Å². The van der Waals surface area contributed by atoms with Gasteiger partial charge in [0.05, 0.1) is 5.56 Å². The summed E-state index contributed by atoms with van der Waals surface area (Å²) in [5.74, 6) is 0.419. The third-order valence-electron chi connectivity index (χ3n) is 6.27. The third kappa shape index (κ3) is 5.47. The maximum absolute atomic E-state index is 13.6. The second-order valence-electron chi connectivity index (χ2n) is 8.62. The standard InChI is InChI=1S/C24H33N7O3/c1-3-5-11-30(20-21(26)31(12-6-4-2)24(34)28-22(20)32)23(33)18-9-13-29(14-10-18)19-8-7-17(15-25)16-27-19/h7-8,16,18H,3-6,9-14,26H2,1-2H3,(H,28,32,34). The fourth-order valence-electron chi connectivity index (χ4n) is 4.24. The van der Waals surface area contributed by atoms with E-state index in [-0.39, 0.29) is 23.3 Å². The van der Waals surface area contributed by atoms with Gasteiger partial charge in [0.15, 0.2) is 5.69 Å². The molecule has 2 aromatic heterocycles. The van der Waals surface area contributed by atoms with Crippen molar-refractivity contribution in [3.05, 3.63) is 44.7 Å². The predicted molar refractivity (Wildman–Crippen MR) is 132 cm³/mol. The number of nitrogen functional groups attached to an aromatic ring is 1. The lowest BCUT2D eigenvalue weighted by Crippen LogP contribution is -2.46. The quantitative estimate of drug-likeness (QED) is 0.576. The van der Waals surface area contributed by atoms with E-state index in [2.05, 4.69) is 20.9 Å². The Bertz CT molecular complexity index is 1140. The molecular weight excluding hydrogens is 434 g/mol. The van der Waals surface area contributed by atoms with Crippen molar-refractivity contribution in [2.75, 3.05) is 35.2 Å². The molecule has 0 aromatic carbocycles. The normalized spacial score (nSPS) is 14.1. The first-order chi connectivity index (χ1) is 16.4. The number of pyridine rings is 1. The molecule has 0 bridgehead atoms. The van der Waals surface area contributed by atoms with Crippen LogP contribution in [0.2, 0.25) is 0 Å². The van der Waals surface area contributed by atoms with Gasteiger partial charge in [0.1, 0.15) is 17.7 Å². The Morgan fingerprint density at radius 2 is 1.94 bits per heavy atom. The molecule has 3 rings (SSSR count). The maximum Gasteiger partial charge on any atom is 0.330 e. The zero-order chi connectivity index (χ0) is 24.7. The number of unbranched alkanes of at least 4 members (excludes halogenated alkanes) is 2. The van der Waals surface area contributed by atoms with E-state index in [0.717, 1.165) is 25.1 Å². The zero-order valence-electron chi connectivity index (χ0n) is 19.9. The van der Waals surface area contributed by atoms with Crippen LogP contribution < -0.4 is 26.8 Å². The highest BCUT2D eigenvalue weighted by molar-refractivity contribution is 5.97. The molecule has 3 N–H and O–H groups in total. The SMILES string of the molecule is CCCCN(C(=O)C1CCN(c2ccc(C#N)cn2)CC1)c1c(N)n(CCCC)c(=O)[nH]c1=O. The summed E-state index contributed by atoms with van der Waals surface area (Å²) in [6.07, 6.45) is 5.92. The van der Waals surface area contributed by atoms with E-state index in [4.69, 9.17) is 11.0 Å². The number of nitrogens with two attached hydrogens (primary N) is 1. The Labute approximate surface area is 199 Å². The average molecular weight is 468 g/mol. The Balaban J connectivity index is 1.82. The molecule has 10 nitrogen and oxygen atoms in total. The van der Waals surface area contributed by atoms with Crippen LogP contribution in [0.15, 0.2) is 27.9 Å². The summed E-state index contributed by atoms with van der Waals surface area (Å²) in [4.78, 5) is 49.0. The van der Waals surface area contributed by atoms with Gasteiger partial charge in [-0.3, -0.25) is 19.1 Å². The summed E-state index contributed by atoms with van der Waals surface area (Å²) in [6.45, 7) is 6.05. The molecule has 1 saturated heterocycles. The summed E-state index contributed by atoms with van der Waals surface area (Å²) in [5, 5.41) is 8.96. The van der Waals surface area contributed by atoms with Crippen molar-refractivity contribution in [1.29, 1.82) is 5.26 Å². The Kier molecular flexibility index (Phi) is 8.46. The van der Waals surface area contributed by atoms with Crippen LogP contribution in [0.25, 0.3) is 0 Å². The monoisotopic (exact) mass is 467 g/mol. The predicted octanol–water partition coefficient (Wildman–Crippen LogP) is 2.24. The minimum absolute atomic E-state index is 0.0471. The number of aromatic amines is 1. The van der Waals surface area contributed by atoms with Crippen molar-refractivity contribution in [2.45, 2.75) is 58.9 Å². The summed E-state index contributed by atoms with van der Waals surface area (Å²) in [5.41, 5.74) is 5.70. The fourth-order valence-corrected chi connectivity index (χ4v) is 4.24. The lowest BCUT2D eigenvalue weighted by atomic mass is 9.94. The van der Waals surface area contributed by atoms with E-state index in [9.17, 15) is 14.4 Å². The third-order valence-corrected chi connectivity index (χ3v) is 6.27. The van der Waals surface area contributed by atoms with Crippen LogP contribution in [0.3, 0.4) is 0 Å². The van der Waals surface area contributed by atoms with E-state index in [0.29, 0.717) is 51.0 Å². The molecule has 1 fully saturated rings. The number of aromatic nitrogens is 3. The molecule has 10 heteroatoms. The van der Waals surface area contributed by atoms with Crippen LogP contribution in [-0.4, -0.2) is 40.1 Å². The number of hydrogen-bond donors (Lipinski definition) is 2. The number of anilines is 3. The number of amides is 1. The van der Waals surface area contributed by atoms with Crippen molar-refractivity contribution in [3.8, 4) is 6.07 Å². The summed E-state index contributed by atoms with van der Waals surface area (Å²) in [7, 11) is 0. The number of rotatable bonds is 9. The second-order valence-corrected chi connectivity index (χ2v) is 8.62. The van der Waals surface area contributed by atoms with E-state index in [1.165, 1.54) is 9.47 Å². The number of hydrogen-bond acceptors (Lipinski definition) is 7. The van der Waals surface area contributed by atoms with Gasteiger partial charge in [0.2, 0.25) is 5.91 Å². The summed E-state index contributed by atoms with van der Waals surface area (Å²) in [6, 6.07) is 5.60. The van der Waals surface area contributed by atoms with E-state index in [1.807, 2.05) is 19.9 Å². The average Bonchev–Trinajstić information content (AvgIpc) is 2.85. The van der Waals surface area contributed by atoms with Gasteiger partial charge in [0.25, 0.3) is 5.56 Å². The molecular formula is C24H33N7O3. The van der Waals surface area contributed by atoms with Gasteiger partial charge in [0, 0.05) is 38.3 Å². The lowest BCUT2D eigenvalue weighted by Gasteiger charge is -2.35. The number of nitrogens with one attached hydrogen (secondary N) is 1. The number of carbonyl (C=O) groups excluding carboxylic acids is 1. The van der Waals surface area contributed by atoms with Crippen LogP contribution in [0.4, 0.5) is 17.3 Å². The first kappa shape index (κ1) is 25.0. The molecule has 0 radical (unpaired) electrons. The molecule has 0 unspecified atom stereocenters. The van der Waals surface area contributed by atoms with Crippen molar-refractivity contribution in [2.24, 2.45) is 5.92 Å². The minimum Gasteiger partial charge on any atom is -0.383 e. The van der Waals surface area contributed by atoms with Crippen molar-refractivity contribution >= 4 is 23.2 Å². The number of nitrogens with zero attached hydrogens (tertiary/aromatic N) is 5. The van der Waals surface area contributed by atoms with Crippen molar-refractivity contribution in [1.82, 2.24) is 14.5 Å². The molecule has 0 saturated carbocycles. The number of carbonyl (C=O) groups is 1. The van der Waals surface area contributed by atoms with Crippen LogP contribution in [0.1, 0.15) is 57.9 Å². The second kappa shape index (κ2) is 11.5. The van der Waals surface area contributed by atoms with E-state index in [1.54, 1.807) is 12.3 Å². The zero-order valence-corrected chi connectivity index (χ0v) is 19.9.